The zero-order valence-electron chi connectivity index (χ0n) is 17.0. The van der Waals surface area contributed by atoms with Crippen molar-refractivity contribution in [3.8, 4) is 11.5 Å². The van der Waals surface area contributed by atoms with Crippen LogP contribution in [-0.4, -0.2) is 43.2 Å². The van der Waals surface area contributed by atoms with Gasteiger partial charge >= 0.3 is 5.97 Å². The van der Waals surface area contributed by atoms with Crippen LogP contribution in [0.5, 0.6) is 11.5 Å². The highest BCUT2D eigenvalue weighted by molar-refractivity contribution is 5.96. The van der Waals surface area contributed by atoms with E-state index in [-0.39, 0.29) is 23.7 Å². The molecular weight excluding hydrogens is 392 g/mol. The van der Waals surface area contributed by atoms with Gasteiger partial charge < -0.3 is 19.5 Å². The van der Waals surface area contributed by atoms with Gasteiger partial charge in [-0.2, -0.15) is 0 Å². The molecule has 0 aliphatic carbocycles. The predicted octanol–water partition coefficient (Wildman–Crippen LogP) is 2.91. The van der Waals surface area contributed by atoms with Crippen molar-refractivity contribution in [2.75, 3.05) is 20.3 Å². The molecular formula is C21H24N2O7. The van der Waals surface area contributed by atoms with E-state index in [1.54, 1.807) is 6.92 Å². The van der Waals surface area contributed by atoms with E-state index >= 15 is 0 Å². The lowest BCUT2D eigenvalue weighted by Gasteiger charge is -2.15. The molecule has 0 fully saturated rings. The van der Waals surface area contributed by atoms with Gasteiger partial charge in [0.05, 0.1) is 24.7 Å². The highest BCUT2D eigenvalue weighted by atomic mass is 16.6. The number of nitrogens with one attached hydrogen (secondary N) is 1. The Labute approximate surface area is 174 Å². The molecule has 0 unspecified atom stereocenters. The summed E-state index contributed by atoms with van der Waals surface area (Å²) in [7, 11) is 1.35. The van der Waals surface area contributed by atoms with Gasteiger partial charge in [0, 0.05) is 12.6 Å². The molecule has 0 aromatic heterocycles. The number of nitrogens with zero attached hydrogens (tertiary/aromatic N) is 1. The molecule has 0 spiro atoms. The van der Waals surface area contributed by atoms with Gasteiger partial charge in [0.25, 0.3) is 11.6 Å². The van der Waals surface area contributed by atoms with Crippen LogP contribution < -0.4 is 14.8 Å². The van der Waals surface area contributed by atoms with Gasteiger partial charge in [-0.15, -0.1) is 0 Å². The maximum Gasteiger partial charge on any atom is 0.346 e. The van der Waals surface area contributed by atoms with Crippen LogP contribution in [0.3, 0.4) is 0 Å². The van der Waals surface area contributed by atoms with Crippen LogP contribution in [0.25, 0.3) is 0 Å². The molecule has 0 saturated heterocycles. The van der Waals surface area contributed by atoms with Crippen LogP contribution in [0.2, 0.25) is 0 Å². The summed E-state index contributed by atoms with van der Waals surface area (Å²) in [4.78, 5) is 35.4. The molecule has 1 N–H and O–H groups in total. The largest absolute Gasteiger partial charge is 0.493 e. The highest BCUT2D eigenvalue weighted by Gasteiger charge is 2.28. The minimum atomic E-state index is -1.13. The zero-order chi connectivity index (χ0) is 22.1. The maximum atomic E-state index is 12.5. The van der Waals surface area contributed by atoms with Crippen molar-refractivity contribution in [3.63, 3.8) is 0 Å². The van der Waals surface area contributed by atoms with E-state index in [4.69, 9.17) is 14.2 Å². The molecule has 9 nitrogen and oxygen atoms in total. The molecule has 9 heteroatoms. The average molecular weight is 416 g/mol. The Balaban J connectivity index is 2.06. The van der Waals surface area contributed by atoms with E-state index < -0.39 is 28.6 Å². The summed E-state index contributed by atoms with van der Waals surface area (Å²) in [5.74, 6) is -1.22. The monoisotopic (exact) mass is 416 g/mol. The molecule has 30 heavy (non-hydrogen) atoms. The van der Waals surface area contributed by atoms with E-state index in [1.165, 1.54) is 20.1 Å². The number of methoxy groups -OCH3 is 1. The van der Waals surface area contributed by atoms with Gasteiger partial charge in [0.1, 0.15) is 5.56 Å². The molecule has 1 atom stereocenters. The molecule has 2 aromatic rings. The van der Waals surface area contributed by atoms with Crippen molar-refractivity contribution in [3.05, 3.63) is 63.7 Å². The first-order valence-electron chi connectivity index (χ1n) is 9.39. The molecule has 0 heterocycles. The summed E-state index contributed by atoms with van der Waals surface area (Å²) in [6, 6.07) is 11.9. The topological polar surface area (TPSA) is 117 Å². The van der Waals surface area contributed by atoms with Gasteiger partial charge in [-0.05, 0) is 25.8 Å². The minimum Gasteiger partial charge on any atom is -0.493 e. The number of benzene rings is 2. The second-order valence-corrected chi connectivity index (χ2v) is 6.28. The van der Waals surface area contributed by atoms with Crippen LogP contribution in [-0.2, 0) is 16.0 Å². The van der Waals surface area contributed by atoms with Crippen LogP contribution >= 0.6 is 0 Å². The minimum absolute atomic E-state index is 0.134. The Morgan fingerprint density at radius 1 is 1.17 bits per heavy atom. The standard InChI is InChI=1S/C21H24N2O7/c1-4-29-19-13-17(23(26)27)16(12-18(19)28-3)21(25)30-14(2)20(24)22-11-10-15-8-6-5-7-9-15/h5-9,12-14H,4,10-11H2,1-3H3,(H,22,24)/t14-/m1/s1. The third kappa shape index (κ3) is 5.94. The van der Waals surface area contributed by atoms with E-state index in [0.717, 1.165) is 11.6 Å². The number of ether oxygens (including phenoxy) is 3. The number of esters is 1. The fraction of sp³-hybridized carbons (Fsp3) is 0.333. The third-order valence-corrected chi connectivity index (χ3v) is 4.21. The first-order valence-corrected chi connectivity index (χ1v) is 9.39. The Bertz CT molecular complexity index is 900. The van der Waals surface area contributed by atoms with Gasteiger partial charge in [-0.3, -0.25) is 14.9 Å². The first-order chi connectivity index (χ1) is 14.4. The number of amides is 1. The van der Waals surface area contributed by atoms with Crippen molar-refractivity contribution in [1.29, 1.82) is 0 Å². The number of carbonyl (C=O) groups excluding carboxylic acids is 2. The Morgan fingerprint density at radius 3 is 2.47 bits per heavy atom. The Morgan fingerprint density at radius 2 is 1.87 bits per heavy atom. The van der Waals surface area contributed by atoms with Crippen molar-refractivity contribution in [2.45, 2.75) is 26.4 Å². The van der Waals surface area contributed by atoms with Crippen LogP contribution in [0, 0.1) is 10.1 Å². The molecule has 0 radical (unpaired) electrons. The van der Waals surface area contributed by atoms with Crippen molar-refractivity contribution >= 4 is 17.6 Å². The van der Waals surface area contributed by atoms with Crippen molar-refractivity contribution < 1.29 is 28.7 Å². The third-order valence-electron chi connectivity index (χ3n) is 4.21. The lowest BCUT2D eigenvalue weighted by atomic mass is 10.1. The summed E-state index contributed by atoms with van der Waals surface area (Å²) in [6.07, 6.45) is -0.514. The van der Waals surface area contributed by atoms with Gasteiger partial charge in [0.2, 0.25) is 0 Å². The van der Waals surface area contributed by atoms with Crippen molar-refractivity contribution in [1.82, 2.24) is 5.32 Å². The zero-order valence-corrected chi connectivity index (χ0v) is 17.0. The van der Waals surface area contributed by atoms with Gasteiger partial charge in [0.15, 0.2) is 17.6 Å². The number of rotatable bonds is 10. The van der Waals surface area contributed by atoms with Crippen LogP contribution in [0.1, 0.15) is 29.8 Å². The quantitative estimate of drug-likeness (QED) is 0.359. The van der Waals surface area contributed by atoms with E-state index in [0.29, 0.717) is 13.0 Å². The SMILES string of the molecule is CCOc1cc([N+](=O)[O-])c(C(=O)O[C@H](C)C(=O)NCCc2ccccc2)cc1OC. The van der Waals surface area contributed by atoms with E-state index in [1.807, 2.05) is 30.3 Å². The van der Waals surface area contributed by atoms with Crippen LogP contribution in [0.15, 0.2) is 42.5 Å². The smallest absolute Gasteiger partial charge is 0.346 e. The second-order valence-electron chi connectivity index (χ2n) is 6.28. The molecule has 0 saturated carbocycles. The first kappa shape index (κ1) is 22.7. The Kier molecular flexibility index (Phi) is 8.16. The predicted molar refractivity (Wildman–Crippen MR) is 109 cm³/mol. The lowest BCUT2D eigenvalue weighted by Crippen LogP contribution is -2.37. The number of carbonyl (C=O) groups is 2. The highest BCUT2D eigenvalue weighted by Crippen LogP contribution is 2.35. The maximum absolute atomic E-state index is 12.5. The molecule has 160 valence electrons. The summed E-state index contributed by atoms with van der Waals surface area (Å²) >= 11 is 0. The molecule has 1 amide bonds. The lowest BCUT2D eigenvalue weighted by molar-refractivity contribution is -0.385. The molecule has 2 rings (SSSR count). The molecule has 0 aliphatic heterocycles. The summed E-state index contributed by atoms with van der Waals surface area (Å²) in [5.41, 5.74) is 0.227. The summed E-state index contributed by atoms with van der Waals surface area (Å²) in [6.45, 7) is 3.73. The fourth-order valence-electron chi connectivity index (χ4n) is 2.69. The average Bonchev–Trinajstić information content (AvgIpc) is 2.74. The Hall–Kier alpha value is -3.62. The summed E-state index contributed by atoms with van der Waals surface area (Å²) < 4.78 is 15.6. The van der Waals surface area contributed by atoms with Gasteiger partial charge in [-0.1, -0.05) is 30.3 Å². The van der Waals surface area contributed by atoms with E-state index in [9.17, 15) is 19.7 Å². The fourth-order valence-corrected chi connectivity index (χ4v) is 2.69. The number of nitro groups is 1. The number of hydrogen-bond acceptors (Lipinski definition) is 7. The summed E-state index contributed by atoms with van der Waals surface area (Å²) in [5, 5.41) is 14.1. The second kappa shape index (κ2) is 10.8. The number of nitro benzene ring substituents is 1. The molecule has 0 bridgehead atoms. The number of hydrogen-bond donors (Lipinski definition) is 1. The normalized spacial score (nSPS) is 11.3. The molecule has 0 aliphatic rings. The van der Waals surface area contributed by atoms with Crippen molar-refractivity contribution in [2.24, 2.45) is 0 Å². The van der Waals surface area contributed by atoms with Crippen LogP contribution in [0.4, 0.5) is 5.69 Å². The van der Waals surface area contributed by atoms with Gasteiger partial charge in [-0.25, -0.2) is 4.79 Å². The molecule has 2 aromatic carbocycles. The van der Waals surface area contributed by atoms with E-state index in [2.05, 4.69) is 5.32 Å².